The van der Waals surface area contributed by atoms with Crippen molar-refractivity contribution in [1.29, 1.82) is 0 Å². The van der Waals surface area contributed by atoms with Crippen LogP contribution >= 0.6 is 8.46 Å². The Labute approximate surface area is 631 Å². The van der Waals surface area contributed by atoms with Crippen molar-refractivity contribution >= 4 is 77.7 Å². The van der Waals surface area contributed by atoms with Gasteiger partial charge in [0.2, 0.25) is 0 Å². The van der Waals surface area contributed by atoms with E-state index in [2.05, 4.69) is 110 Å². The van der Waals surface area contributed by atoms with E-state index in [9.17, 15) is 35.3 Å². The minimum atomic E-state index is -3.48. The molecule has 0 bridgehead atoms. The molecule has 0 spiro atoms. The predicted octanol–water partition coefficient (Wildman–Crippen LogP) is 10.7. The number of azide groups is 2. The Morgan fingerprint density at radius 3 is 1.37 bits per heavy atom. The first kappa shape index (κ1) is 82.2. The molecule has 0 aromatic heterocycles. The fraction of sp³-hybridized carbons (Fsp3) is 0.500. The molecule has 1 radical (unpaired) electrons. The van der Waals surface area contributed by atoms with Gasteiger partial charge in [0, 0.05) is 17.8 Å². The summed E-state index contributed by atoms with van der Waals surface area (Å²) in [5, 5.41) is 23.3. The van der Waals surface area contributed by atoms with Gasteiger partial charge < -0.3 is 33.2 Å². The van der Waals surface area contributed by atoms with Crippen LogP contribution in [0.5, 0.6) is 0 Å². The topological polar surface area (TPSA) is 306 Å². The molecule has 29 heteroatoms. The van der Waals surface area contributed by atoms with Gasteiger partial charge in [0.1, 0.15) is 24.9 Å². The van der Waals surface area contributed by atoms with Crippen molar-refractivity contribution in [2.45, 2.75) is 198 Å². The predicted molar refractivity (Wildman–Crippen MR) is 409 cm³/mol. The third kappa shape index (κ3) is 19.1. The second-order valence-corrected chi connectivity index (χ2v) is 39.8. The van der Waals surface area contributed by atoms with Crippen molar-refractivity contribution in [3.63, 3.8) is 0 Å². The zero-order valence-electron chi connectivity index (χ0n) is 62.6. The molecular weight excluding hydrogens is 1420 g/mol. The van der Waals surface area contributed by atoms with Crippen molar-refractivity contribution in [2.75, 3.05) is 26.4 Å². The quantitative estimate of drug-likeness (QED) is 0.00833. The van der Waals surface area contributed by atoms with E-state index in [1.54, 1.807) is 51.1 Å². The molecule has 6 aromatic rings. The van der Waals surface area contributed by atoms with E-state index in [1.165, 1.54) is 20.7 Å². The number of rotatable bonds is 30. The van der Waals surface area contributed by atoms with Gasteiger partial charge in [-0.05, 0) is 44.6 Å². The number of ether oxygens (including phenoxy) is 11. The number of carbonyl (C=O) groups is 3. The average Bonchev–Trinajstić information content (AvgIpc) is 0.747. The van der Waals surface area contributed by atoms with Gasteiger partial charge in [-0.1, -0.05) is 149 Å². The average molecular weight is 1520 g/mol. The van der Waals surface area contributed by atoms with Crippen LogP contribution in [0.2, 0.25) is 10.1 Å². The van der Waals surface area contributed by atoms with Crippen LogP contribution in [-0.4, -0.2) is 178 Å². The Kier molecular flexibility index (Phi) is 28.7. The summed E-state index contributed by atoms with van der Waals surface area (Å²) < 4.78 is 102. The van der Waals surface area contributed by atoms with E-state index in [0.29, 0.717) is 7.04 Å². The molecule has 21 atom stereocenters. The van der Waals surface area contributed by atoms with E-state index in [1.807, 2.05) is 110 Å². The number of aliphatic hydroxyl groups is 1. The first-order valence-electron chi connectivity index (χ1n) is 36.4. The molecule has 4 aliphatic heterocycles. The summed E-state index contributed by atoms with van der Waals surface area (Å²) >= 11 is 0. The molecule has 6 aromatic carbocycles. The van der Waals surface area contributed by atoms with E-state index >= 15 is 0 Å². The van der Waals surface area contributed by atoms with Crippen molar-refractivity contribution in [1.82, 2.24) is 0 Å². The Bertz CT molecular complexity index is 3880. The Morgan fingerprint density at radius 1 is 0.495 bits per heavy atom. The summed E-state index contributed by atoms with van der Waals surface area (Å²) in [4.78, 5) is 47.4. The van der Waals surface area contributed by atoms with Gasteiger partial charge in [0.05, 0.1) is 25.4 Å². The van der Waals surface area contributed by atoms with Gasteiger partial charge in [-0.2, -0.15) is 0 Å². The summed E-state index contributed by atoms with van der Waals surface area (Å²) in [5.74, 6) is -5.09. The molecule has 4 heterocycles. The van der Waals surface area contributed by atoms with Gasteiger partial charge >= 0.3 is 314 Å². The van der Waals surface area contributed by atoms with Gasteiger partial charge in [-0.25, -0.2) is 0 Å². The SMILES string of the molecule is CC(=O)OCC1O[C@@H](O[C@@H]2C(CO[Si](c3ccccc3)(c3ccccc3)C(C)(C)C)O[C@@H](O[C@@H]3C(COC(C)=O)OC(O)C(C)[C@@H]3OCc3ccccc3)C(N=[N+]=[N-])[C@H]2C)C(OC(=O)c2ccccc2)[C@@H](C)[C@@H]1O[C@@H]1OC(CO[Si](c2ccccc2)(c2ccccc2)C(C)(C)C)[C@@H](C)[C@H](P[B]B=O)C1N=[N+]=[N-]. The Balaban J connectivity index is 1.07. The van der Waals surface area contributed by atoms with Gasteiger partial charge in [-0.3, -0.25) is 4.79 Å². The number of benzene rings is 6. The molecule has 0 aliphatic carbocycles. The van der Waals surface area contributed by atoms with Crippen LogP contribution in [0.3, 0.4) is 0 Å². The van der Waals surface area contributed by atoms with E-state index in [-0.39, 0.29) is 40.5 Å². The second kappa shape index (κ2) is 37.4. The molecular formula is C78H98B2N6O18PSi2. The van der Waals surface area contributed by atoms with Gasteiger partial charge in [-0.15, -0.1) is 0 Å². The zero-order chi connectivity index (χ0) is 76.6. The summed E-state index contributed by atoms with van der Waals surface area (Å²) in [5.41, 5.74) is 21.6. The third-order valence-electron chi connectivity index (χ3n) is 20.9. The third-order valence-corrected chi connectivity index (χ3v) is 32.5. The van der Waals surface area contributed by atoms with Crippen LogP contribution in [0, 0.1) is 23.7 Å². The zero-order valence-corrected chi connectivity index (χ0v) is 65.6. The molecule has 107 heavy (non-hydrogen) atoms. The van der Waals surface area contributed by atoms with Crippen molar-refractivity contribution in [3.05, 3.63) is 214 Å². The molecule has 4 saturated heterocycles. The Morgan fingerprint density at radius 2 is 0.897 bits per heavy atom. The molecule has 1 N–H and O–H groups in total. The molecule has 567 valence electrons. The van der Waals surface area contributed by atoms with Crippen LogP contribution in [-0.2, 0) is 81.9 Å². The number of hydrogen-bond acceptors (Lipinski definition) is 20. The summed E-state index contributed by atoms with van der Waals surface area (Å²) in [7, 11) is -6.17. The molecule has 0 amide bonds. The molecule has 10 unspecified atom stereocenters. The fourth-order valence-electron chi connectivity index (χ4n) is 15.4. The number of nitrogens with zero attached hydrogens (tertiary/aromatic N) is 6. The number of carbonyl (C=O) groups excluding carboxylic acids is 3. The van der Waals surface area contributed by atoms with Gasteiger partial charge in [0.25, 0.3) is 8.32 Å². The van der Waals surface area contributed by atoms with E-state index in [0.717, 1.165) is 26.3 Å². The number of esters is 3. The van der Waals surface area contributed by atoms with Crippen LogP contribution in [0.4, 0.5) is 0 Å². The van der Waals surface area contributed by atoms with Crippen LogP contribution in [0.15, 0.2) is 192 Å². The first-order valence-corrected chi connectivity index (χ1v) is 41.4. The fourth-order valence-corrected chi connectivity index (χ4v) is 25.8. The molecule has 24 nitrogen and oxygen atoms in total. The standard InChI is InChI=1S/C78H98B2N6O18PSi2/c1-48-60(46-95-106(77(7,8)9,56-35-23-15-24-36-56)57-37-25-16-26-38-57)98-75(65(84-86-82)71(48)105-80-79-91)102-67-50(3)69(101-73(90)55-33-21-14-22-34-55)76(100-61(67)44-92-52(5)87)103-66-49(2)64(83-85-81)74(99-63(66)47-96-107(78(10,11)12,58-39-27-17-28-40-58)59-41-29-18-30-42-59)104-70-62(45-93-53(6)88)97-72(89)51(4)68(70)94-43-54-31-19-13-20-32-54/h13-42,48-51,60-72,74-76,89,105H,43-47H2,1-12H3/t48-,49-,50+,51?,60?,61?,62?,63?,64?,65?,66+,67+,68+,69?,70-,71+,72?,74+,75+,76+/m1/s1. The van der Waals surface area contributed by atoms with Crippen molar-refractivity contribution < 1.29 is 85.2 Å². The summed E-state index contributed by atoms with van der Waals surface area (Å²) in [6, 6.07) is 55.7. The maximum atomic E-state index is 14.9. The molecule has 4 fully saturated rings. The van der Waals surface area contributed by atoms with Crippen LogP contribution in [0.1, 0.15) is 99.0 Å². The molecule has 0 saturated carbocycles. The first-order chi connectivity index (χ1) is 51.3. The van der Waals surface area contributed by atoms with Crippen LogP contribution in [0.25, 0.3) is 20.9 Å². The van der Waals surface area contributed by atoms with Crippen molar-refractivity contribution in [3.8, 4) is 0 Å². The molecule has 10 rings (SSSR count). The van der Waals surface area contributed by atoms with E-state index in [4.69, 9.17) is 61.0 Å². The Hall–Kier alpha value is -7.30. The normalized spacial score (nSPS) is 29.1. The maximum absolute atomic E-state index is 14.9. The number of hydrogen-bond donors (Lipinski definition) is 1. The summed E-state index contributed by atoms with van der Waals surface area (Å²) in [6.45, 7) is 23.3. The monoisotopic (exact) mass is 1520 g/mol. The van der Waals surface area contributed by atoms with Gasteiger partial charge in [0.15, 0.2) is 12.6 Å². The van der Waals surface area contributed by atoms with Crippen molar-refractivity contribution in [2.24, 2.45) is 33.9 Å². The van der Waals surface area contributed by atoms with Crippen LogP contribution < -0.4 is 20.7 Å². The minimum absolute atomic E-state index is 0.0413. The van der Waals surface area contributed by atoms with E-state index < -0.39 is 173 Å². The molecule has 4 aliphatic rings. The number of aliphatic hydroxyl groups excluding tert-OH is 1. The second-order valence-electron chi connectivity index (χ2n) is 29.9. The summed E-state index contributed by atoms with van der Waals surface area (Å²) in [6.07, 6.45) is -16.2.